The highest BCUT2D eigenvalue weighted by Gasteiger charge is 2.12. The van der Waals surface area contributed by atoms with Crippen LogP contribution >= 0.6 is 0 Å². The zero-order chi connectivity index (χ0) is 12.8. The van der Waals surface area contributed by atoms with Gasteiger partial charge in [0.15, 0.2) is 0 Å². The summed E-state index contributed by atoms with van der Waals surface area (Å²) in [4.78, 5) is 11.9. The summed E-state index contributed by atoms with van der Waals surface area (Å²) in [5.41, 5.74) is 7.98. The third-order valence-electron chi connectivity index (χ3n) is 2.74. The van der Waals surface area contributed by atoms with Crippen molar-refractivity contribution < 1.29 is 9.53 Å². The summed E-state index contributed by atoms with van der Waals surface area (Å²) in [6.07, 6.45) is 0.834. The van der Waals surface area contributed by atoms with Crippen LogP contribution in [0.2, 0.25) is 0 Å². The number of carbonyl (C=O) groups is 1. The van der Waals surface area contributed by atoms with Gasteiger partial charge in [0.1, 0.15) is 0 Å². The largest absolute Gasteiger partial charge is 0.398 e. The molecule has 1 aromatic carbocycles. The van der Waals surface area contributed by atoms with Crippen molar-refractivity contribution in [3.8, 4) is 0 Å². The van der Waals surface area contributed by atoms with Gasteiger partial charge in [0.25, 0.3) is 5.91 Å². The molecule has 17 heavy (non-hydrogen) atoms. The van der Waals surface area contributed by atoms with E-state index in [2.05, 4.69) is 5.32 Å². The van der Waals surface area contributed by atoms with Crippen molar-refractivity contribution in [1.82, 2.24) is 5.32 Å². The van der Waals surface area contributed by atoms with E-state index in [-0.39, 0.29) is 11.9 Å². The number of nitrogens with one attached hydrogen (secondary N) is 1. The number of ether oxygens (including phenoxy) is 1. The van der Waals surface area contributed by atoms with Crippen LogP contribution in [0.25, 0.3) is 0 Å². The summed E-state index contributed by atoms with van der Waals surface area (Å²) in [7, 11) is 1.62. The van der Waals surface area contributed by atoms with E-state index in [4.69, 9.17) is 10.5 Å². The third-order valence-corrected chi connectivity index (χ3v) is 2.74. The first-order valence-corrected chi connectivity index (χ1v) is 5.74. The summed E-state index contributed by atoms with van der Waals surface area (Å²) < 4.78 is 5.04. The predicted molar refractivity (Wildman–Crippen MR) is 69.0 cm³/mol. The maximum absolute atomic E-state index is 11.9. The molecule has 94 valence electrons. The van der Waals surface area contributed by atoms with Crippen molar-refractivity contribution >= 4 is 11.6 Å². The Labute approximate surface area is 102 Å². The molecular weight excluding hydrogens is 216 g/mol. The SMILES string of the molecule is CCC(COC)NC(=O)c1ccc(C)c(N)c1. The molecule has 0 aromatic heterocycles. The van der Waals surface area contributed by atoms with Gasteiger partial charge >= 0.3 is 0 Å². The van der Waals surface area contributed by atoms with E-state index in [9.17, 15) is 4.79 Å². The van der Waals surface area contributed by atoms with Gasteiger partial charge in [-0.15, -0.1) is 0 Å². The van der Waals surface area contributed by atoms with Gasteiger partial charge in [-0.3, -0.25) is 4.79 Å². The molecule has 1 amide bonds. The Morgan fingerprint density at radius 3 is 2.76 bits per heavy atom. The number of nitrogens with two attached hydrogens (primary N) is 1. The van der Waals surface area contributed by atoms with Crippen LogP contribution in [-0.2, 0) is 4.74 Å². The Hall–Kier alpha value is -1.55. The molecule has 4 heteroatoms. The maximum atomic E-state index is 11.9. The van der Waals surface area contributed by atoms with Crippen LogP contribution in [0.1, 0.15) is 29.3 Å². The number of rotatable bonds is 5. The fourth-order valence-electron chi connectivity index (χ4n) is 1.51. The van der Waals surface area contributed by atoms with Crippen molar-refractivity contribution in [2.75, 3.05) is 19.5 Å². The number of anilines is 1. The van der Waals surface area contributed by atoms with Crippen molar-refractivity contribution in [1.29, 1.82) is 0 Å². The molecule has 0 radical (unpaired) electrons. The van der Waals surface area contributed by atoms with Crippen molar-refractivity contribution in [2.24, 2.45) is 0 Å². The van der Waals surface area contributed by atoms with E-state index >= 15 is 0 Å². The average Bonchev–Trinajstić information content (AvgIpc) is 2.31. The second-order valence-corrected chi connectivity index (χ2v) is 4.11. The fourth-order valence-corrected chi connectivity index (χ4v) is 1.51. The van der Waals surface area contributed by atoms with Gasteiger partial charge in [-0.1, -0.05) is 13.0 Å². The van der Waals surface area contributed by atoms with Gasteiger partial charge < -0.3 is 15.8 Å². The summed E-state index contributed by atoms with van der Waals surface area (Å²) in [6, 6.07) is 5.36. The zero-order valence-corrected chi connectivity index (χ0v) is 10.6. The van der Waals surface area contributed by atoms with Gasteiger partial charge in [-0.05, 0) is 31.0 Å². The normalized spacial score (nSPS) is 12.2. The second-order valence-electron chi connectivity index (χ2n) is 4.11. The molecule has 1 unspecified atom stereocenters. The van der Waals surface area contributed by atoms with E-state index in [1.54, 1.807) is 19.2 Å². The number of amides is 1. The molecule has 0 aliphatic carbocycles. The highest BCUT2D eigenvalue weighted by molar-refractivity contribution is 5.95. The van der Waals surface area contributed by atoms with Crippen molar-refractivity contribution in [2.45, 2.75) is 26.3 Å². The Morgan fingerprint density at radius 1 is 1.53 bits per heavy atom. The molecule has 0 saturated heterocycles. The first kappa shape index (κ1) is 13.5. The number of hydrogen-bond acceptors (Lipinski definition) is 3. The van der Waals surface area contributed by atoms with Crippen LogP contribution in [0.15, 0.2) is 18.2 Å². The molecule has 3 N–H and O–H groups in total. The van der Waals surface area contributed by atoms with Crippen LogP contribution in [0.5, 0.6) is 0 Å². The minimum Gasteiger partial charge on any atom is -0.398 e. The molecule has 1 atom stereocenters. The quantitative estimate of drug-likeness (QED) is 0.765. The average molecular weight is 236 g/mol. The minimum absolute atomic E-state index is 0.0371. The van der Waals surface area contributed by atoms with E-state index < -0.39 is 0 Å². The molecule has 0 aliphatic heterocycles. The summed E-state index contributed by atoms with van der Waals surface area (Å²) >= 11 is 0. The van der Waals surface area contributed by atoms with Crippen LogP contribution in [0.4, 0.5) is 5.69 Å². The van der Waals surface area contributed by atoms with Crippen LogP contribution in [-0.4, -0.2) is 25.7 Å². The molecule has 4 nitrogen and oxygen atoms in total. The Morgan fingerprint density at radius 2 is 2.24 bits per heavy atom. The third kappa shape index (κ3) is 3.75. The van der Waals surface area contributed by atoms with Gasteiger partial charge in [0.2, 0.25) is 0 Å². The molecule has 0 spiro atoms. The molecule has 1 aromatic rings. The van der Waals surface area contributed by atoms with E-state index in [0.29, 0.717) is 17.9 Å². The fraction of sp³-hybridized carbons (Fsp3) is 0.462. The standard InChI is InChI=1S/C13H20N2O2/c1-4-11(8-17-3)15-13(16)10-6-5-9(2)12(14)7-10/h5-7,11H,4,8,14H2,1-3H3,(H,15,16). The van der Waals surface area contributed by atoms with Crippen LogP contribution in [0.3, 0.4) is 0 Å². The first-order valence-electron chi connectivity index (χ1n) is 5.74. The smallest absolute Gasteiger partial charge is 0.251 e. The Balaban J connectivity index is 2.72. The number of nitrogen functional groups attached to an aromatic ring is 1. The molecule has 0 bridgehead atoms. The van der Waals surface area contributed by atoms with Crippen molar-refractivity contribution in [3.05, 3.63) is 29.3 Å². The second kappa shape index (κ2) is 6.25. The zero-order valence-electron chi connectivity index (χ0n) is 10.6. The monoisotopic (exact) mass is 236 g/mol. The highest BCUT2D eigenvalue weighted by atomic mass is 16.5. The molecule has 0 aliphatic rings. The molecular formula is C13H20N2O2. The Kier molecular flexibility index (Phi) is 4.97. The highest BCUT2D eigenvalue weighted by Crippen LogP contribution is 2.13. The van der Waals surface area contributed by atoms with Gasteiger partial charge in [0, 0.05) is 18.4 Å². The lowest BCUT2D eigenvalue weighted by Gasteiger charge is -2.16. The number of methoxy groups -OCH3 is 1. The summed E-state index contributed by atoms with van der Waals surface area (Å²) in [5, 5.41) is 2.91. The summed E-state index contributed by atoms with van der Waals surface area (Å²) in [6.45, 7) is 4.44. The van der Waals surface area contributed by atoms with Crippen LogP contribution < -0.4 is 11.1 Å². The lowest BCUT2D eigenvalue weighted by atomic mass is 10.1. The molecule has 0 saturated carbocycles. The number of hydrogen-bond donors (Lipinski definition) is 2. The van der Waals surface area contributed by atoms with E-state index in [0.717, 1.165) is 12.0 Å². The van der Waals surface area contributed by atoms with Gasteiger partial charge in [-0.2, -0.15) is 0 Å². The molecule has 1 rings (SSSR count). The van der Waals surface area contributed by atoms with E-state index in [1.807, 2.05) is 19.9 Å². The van der Waals surface area contributed by atoms with Gasteiger partial charge in [-0.25, -0.2) is 0 Å². The number of benzene rings is 1. The van der Waals surface area contributed by atoms with Gasteiger partial charge in [0.05, 0.1) is 12.6 Å². The topological polar surface area (TPSA) is 64.3 Å². The van der Waals surface area contributed by atoms with E-state index in [1.165, 1.54) is 0 Å². The lowest BCUT2D eigenvalue weighted by Crippen LogP contribution is -2.37. The minimum atomic E-state index is -0.111. The maximum Gasteiger partial charge on any atom is 0.251 e. The number of carbonyl (C=O) groups excluding carboxylic acids is 1. The van der Waals surface area contributed by atoms with Crippen LogP contribution in [0, 0.1) is 6.92 Å². The molecule has 0 heterocycles. The molecule has 0 fully saturated rings. The summed E-state index contributed by atoms with van der Waals surface area (Å²) in [5.74, 6) is -0.111. The Bertz CT molecular complexity index is 391. The first-order chi connectivity index (χ1) is 8.08. The van der Waals surface area contributed by atoms with Crippen molar-refractivity contribution in [3.63, 3.8) is 0 Å². The predicted octanol–water partition coefficient (Wildman–Crippen LogP) is 1.73. The lowest BCUT2D eigenvalue weighted by molar-refractivity contribution is 0.0894. The number of aryl methyl sites for hydroxylation is 1.